The lowest BCUT2D eigenvalue weighted by Gasteiger charge is -2.41. The summed E-state index contributed by atoms with van der Waals surface area (Å²) < 4.78 is 51.3. The van der Waals surface area contributed by atoms with Crippen molar-refractivity contribution < 1.29 is 66.9 Å². The number of nitrogens with zero attached hydrogens (tertiary/aromatic N) is 1. The molecule has 19 heteroatoms. The highest BCUT2D eigenvalue weighted by atomic mass is 79.9. The van der Waals surface area contributed by atoms with Crippen LogP contribution in [-0.2, 0) is 63.4 Å². The average Bonchev–Trinajstić information content (AvgIpc) is 3.95. The third kappa shape index (κ3) is 16.3. The number of carbonyl (C=O) groups excluding carboxylic acids is 4. The van der Waals surface area contributed by atoms with Crippen molar-refractivity contribution in [2.75, 3.05) is 96.5 Å². The summed E-state index contributed by atoms with van der Waals surface area (Å²) in [5, 5.41) is 17.7. The van der Waals surface area contributed by atoms with Gasteiger partial charge in [-0.3, -0.25) is 14.9 Å². The SMILES string of the molecule is C/C1=C\C=C\[C@@H](C)[C@@]2(O)CC(OC(=O)N2)[C@@H](C)[C@@H]2O[C@@]2(C)[C@@H](OC(=O)[C@H](C)OCCOCCOCCOCCOCCOCCNC(=O)CBr)CC(=O)N(C)c2cc(cc(C)c2Cl)C1. The van der Waals surface area contributed by atoms with Gasteiger partial charge < -0.3 is 58.0 Å². The molecule has 8 atom stereocenters. The maximum absolute atomic E-state index is 14.1. The molecule has 0 saturated carbocycles. The number of nitrogens with one attached hydrogen (secondary N) is 2. The van der Waals surface area contributed by atoms with E-state index in [2.05, 4.69) is 26.6 Å². The highest BCUT2D eigenvalue weighted by Crippen LogP contribution is 2.49. The van der Waals surface area contributed by atoms with E-state index >= 15 is 0 Å². The third-order valence-corrected chi connectivity index (χ3v) is 12.5. The first-order chi connectivity index (χ1) is 30.5. The second-order valence-electron chi connectivity index (χ2n) is 16.5. The molecule has 17 nitrogen and oxygen atoms in total. The Balaban J connectivity index is 1.27. The first kappa shape index (κ1) is 53.4. The maximum Gasteiger partial charge on any atom is 0.409 e. The van der Waals surface area contributed by atoms with Gasteiger partial charge in [-0.1, -0.05) is 71.2 Å². The first-order valence-electron chi connectivity index (χ1n) is 21.8. The number of esters is 1. The van der Waals surface area contributed by atoms with Crippen molar-refractivity contribution in [3.05, 3.63) is 52.1 Å². The minimum atomic E-state index is -1.60. The first-order valence-corrected chi connectivity index (χ1v) is 23.3. The Kier molecular flexibility index (Phi) is 21.9. The summed E-state index contributed by atoms with van der Waals surface area (Å²) in [6, 6.07) is 3.85. The number of fused-ring (bicyclic) bond motifs is 5. The number of rotatable bonds is 22. The molecule has 4 rings (SSSR count). The quantitative estimate of drug-likeness (QED) is 0.0631. The summed E-state index contributed by atoms with van der Waals surface area (Å²) in [5.74, 6) is -2.08. The summed E-state index contributed by atoms with van der Waals surface area (Å²) in [6.45, 7) is 15.1. The van der Waals surface area contributed by atoms with E-state index in [9.17, 15) is 24.3 Å². The molecule has 3 aliphatic heterocycles. The van der Waals surface area contributed by atoms with Crippen LogP contribution in [0.1, 0.15) is 58.6 Å². The van der Waals surface area contributed by atoms with Gasteiger partial charge in [-0.2, -0.15) is 0 Å². The van der Waals surface area contributed by atoms with E-state index in [-0.39, 0.29) is 43.2 Å². The number of epoxide rings is 1. The summed E-state index contributed by atoms with van der Waals surface area (Å²) in [6.07, 6.45) is 1.87. The standard InChI is InChI=1S/C45H67BrClN3O14/c1-29-9-8-10-31(3)45(55)27-36(62-43(54)49-45)32(4)41-44(6,64-41)37(26-39(52)50(7)35-25-34(23-29)24-30(2)40(35)47)63-42(53)33(5)61-22-21-60-20-19-59-18-17-58-16-15-57-14-13-56-12-11-48-38(51)28-46/h8-10,24-25,31-33,36-37,41,55H,11-23,26-28H2,1-7H3,(H,48,51)(H,49,54)/b10-8+,29-9+/t31-,32-,33+,36?,37+,41+,44+,45+/m1/s1. The number of alkyl halides is 1. The lowest BCUT2D eigenvalue weighted by molar-refractivity contribution is -0.166. The van der Waals surface area contributed by atoms with Gasteiger partial charge in [-0.25, -0.2) is 9.59 Å². The molecule has 3 aliphatic rings. The predicted octanol–water partition coefficient (Wildman–Crippen LogP) is 4.59. The number of benzene rings is 1. The number of aryl methyl sites for hydroxylation is 1. The van der Waals surface area contributed by atoms with Gasteiger partial charge >= 0.3 is 12.1 Å². The molecule has 3 amide bonds. The largest absolute Gasteiger partial charge is 0.457 e. The van der Waals surface area contributed by atoms with E-state index in [1.807, 2.05) is 58.1 Å². The predicted molar refractivity (Wildman–Crippen MR) is 242 cm³/mol. The van der Waals surface area contributed by atoms with Crippen LogP contribution < -0.4 is 15.5 Å². The van der Waals surface area contributed by atoms with Gasteiger partial charge in [0.15, 0.2) is 6.10 Å². The summed E-state index contributed by atoms with van der Waals surface area (Å²) in [4.78, 5) is 53.1. The van der Waals surface area contributed by atoms with Crippen LogP contribution in [0.5, 0.6) is 0 Å². The van der Waals surface area contributed by atoms with E-state index in [4.69, 9.17) is 54.2 Å². The number of amides is 3. The van der Waals surface area contributed by atoms with Crippen LogP contribution >= 0.6 is 27.5 Å². The van der Waals surface area contributed by atoms with Crippen LogP contribution in [0.15, 0.2) is 35.9 Å². The van der Waals surface area contributed by atoms with Crippen LogP contribution in [0.2, 0.25) is 5.02 Å². The Morgan fingerprint density at radius 2 is 1.58 bits per heavy atom. The van der Waals surface area contributed by atoms with Crippen molar-refractivity contribution in [1.29, 1.82) is 0 Å². The zero-order valence-electron chi connectivity index (χ0n) is 38.1. The molecule has 0 spiro atoms. The second-order valence-corrected chi connectivity index (χ2v) is 17.5. The average molecular weight is 989 g/mol. The lowest BCUT2D eigenvalue weighted by atomic mass is 9.82. The van der Waals surface area contributed by atoms with E-state index in [0.717, 1.165) is 16.7 Å². The minimum absolute atomic E-state index is 0.0743. The Labute approximate surface area is 390 Å². The van der Waals surface area contributed by atoms with Crippen molar-refractivity contribution in [2.24, 2.45) is 11.8 Å². The number of carbonyl (C=O) groups is 4. The van der Waals surface area contributed by atoms with Gasteiger partial charge in [0.1, 0.15) is 23.5 Å². The van der Waals surface area contributed by atoms with E-state index < -0.39 is 59.6 Å². The molecule has 1 aromatic rings. The van der Waals surface area contributed by atoms with Crippen molar-refractivity contribution in [1.82, 2.24) is 10.6 Å². The molecule has 3 N–H and O–H groups in total. The van der Waals surface area contributed by atoms with Crippen molar-refractivity contribution in [2.45, 2.75) is 96.5 Å². The van der Waals surface area contributed by atoms with Gasteiger partial charge in [-0.05, 0) is 51.3 Å². The summed E-state index contributed by atoms with van der Waals surface area (Å²) in [5.41, 5.74) is 0.529. The fourth-order valence-corrected chi connectivity index (χ4v) is 7.86. The zero-order chi connectivity index (χ0) is 46.9. The van der Waals surface area contributed by atoms with Crippen LogP contribution in [0.3, 0.4) is 0 Å². The molecule has 360 valence electrons. The zero-order valence-corrected chi connectivity index (χ0v) is 40.5. The molecular weight excluding hydrogens is 922 g/mol. The van der Waals surface area contributed by atoms with E-state index in [1.54, 1.807) is 20.9 Å². The molecule has 2 fully saturated rings. The molecule has 64 heavy (non-hydrogen) atoms. The van der Waals surface area contributed by atoms with Gasteiger partial charge in [0.05, 0.1) is 101 Å². The van der Waals surface area contributed by atoms with Gasteiger partial charge in [0.25, 0.3) is 0 Å². The molecule has 0 aliphatic carbocycles. The third-order valence-electron chi connectivity index (χ3n) is 11.5. The van der Waals surface area contributed by atoms with Crippen LogP contribution in [0.4, 0.5) is 10.5 Å². The van der Waals surface area contributed by atoms with Crippen molar-refractivity contribution in [3.8, 4) is 0 Å². The molecular formula is C45H67BrClN3O14. The number of allylic oxidation sites excluding steroid dienone is 3. The Bertz CT molecular complexity index is 1770. The number of aliphatic hydroxyl groups is 1. The maximum atomic E-state index is 14.1. The Hall–Kier alpha value is -3.17. The fraction of sp³-hybridized carbons (Fsp3) is 0.689. The van der Waals surface area contributed by atoms with E-state index in [1.165, 1.54) is 4.90 Å². The van der Waals surface area contributed by atoms with Crippen LogP contribution in [0, 0.1) is 18.8 Å². The summed E-state index contributed by atoms with van der Waals surface area (Å²) >= 11 is 9.87. The van der Waals surface area contributed by atoms with E-state index in [0.29, 0.717) is 83.1 Å². The van der Waals surface area contributed by atoms with Crippen LogP contribution in [0.25, 0.3) is 0 Å². The van der Waals surface area contributed by atoms with Crippen molar-refractivity contribution >= 4 is 57.1 Å². The molecule has 1 aromatic carbocycles. The van der Waals surface area contributed by atoms with Gasteiger partial charge in [-0.15, -0.1) is 0 Å². The number of ether oxygens (including phenoxy) is 9. The number of anilines is 1. The monoisotopic (exact) mass is 987 g/mol. The highest BCUT2D eigenvalue weighted by Gasteiger charge is 2.64. The minimum Gasteiger partial charge on any atom is -0.457 e. The van der Waals surface area contributed by atoms with Crippen molar-refractivity contribution in [3.63, 3.8) is 0 Å². The number of halogens is 2. The number of hydrogen-bond donors (Lipinski definition) is 3. The normalized spacial score (nSPS) is 27.9. The smallest absolute Gasteiger partial charge is 0.409 e. The lowest BCUT2D eigenvalue weighted by Crippen LogP contribution is -2.60. The molecule has 0 radical (unpaired) electrons. The number of hydrogen-bond acceptors (Lipinski definition) is 14. The topological polar surface area (TPSA) is 202 Å². The van der Waals surface area contributed by atoms with Gasteiger partial charge in [0, 0.05) is 31.8 Å². The number of alkyl carbamates (subject to hydrolysis) is 1. The fourth-order valence-electron chi connectivity index (χ4n) is 7.43. The van der Waals surface area contributed by atoms with Gasteiger partial charge in [0.2, 0.25) is 11.8 Å². The Morgan fingerprint density at radius 3 is 2.19 bits per heavy atom. The Morgan fingerprint density at radius 1 is 0.984 bits per heavy atom. The molecule has 0 aromatic heterocycles. The molecule has 4 bridgehead atoms. The van der Waals surface area contributed by atoms with Crippen LogP contribution in [-0.4, -0.2) is 156 Å². The second kappa shape index (κ2) is 26.2. The molecule has 1 unspecified atom stereocenters. The highest BCUT2D eigenvalue weighted by molar-refractivity contribution is 9.09. The molecule has 2 saturated heterocycles. The summed E-state index contributed by atoms with van der Waals surface area (Å²) in [7, 11) is 1.63. The molecule has 3 heterocycles.